The SMILES string of the molecule is [B]C1([B])c2ccc(-c3nc(NC4CCOCC4)ncc3Br)cc2S(=O)(=O)N1[C@H](C)C(=O)OCC. The topological polar surface area (TPSA) is 111 Å². The number of esters is 1. The van der Waals surface area contributed by atoms with E-state index in [2.05, 4.69) is 31.2 Å². The number of fused-ring (bicyclic) bond motifs is 1. The summed E-state index contributed by atoms with van der Waals surface area (Å²) in [7, 11) is 8.31. The molecule has 0 amide bonds. The lowest BCUT2D eigenvalue weighted by molar-refractivity contribution is -0.147. The maximum absolute atomic E-state index is 13.4. The molecule has 2 aromatic rings. The molecule has 34 heavy (non-hydrogen) atoms. The fraction of sp³-hybridized carbons (Fsp3) is 0.476. The molecule has 0 unspecified atom stereocenters. The third-order valence-corrected chi connectivity index (χ3v) is 8.48. The number of nitrogens with zero attached hydrogens (tertiary/aromatic N) is 3. The van der Waals surface area contributed by atoms with Crippen LogP contribution in [0.4, 0.5) is 5.95 Å². The van der Waals surface area contributed by atoms with Gasteiger partial charge in [-0.15, -0.1) is 0 Å². The van der Waals surface area contributed by atoms with E-state index in [1.54, 1.807) is 25.3 Å². The van der Waals surface area contributed by atoms with Gasteiger partial charge in [0, 0.05) is 31.0 Å². The molecule has 1 aromatic heterocycles. The molecule has 1 aromatic carbocycles. The molecule has 0 spiro atoms. The Morgan fingerprint density at radius 3 is 2.76 bits per heavy atom. The third-order valence-electron chi connectivity index (χ3n) is 5.87. The van der Waals surface area contributed by atoms with E-state index < -0.39 is 27.4 Å². The Labute approximate surface area is 210 Å². The lowest BCUT2D eigenvalue weighted by Crippen LogP contribution is -2.52. The second-order valence-electron chi connectivity index (χ2n) is 8.19. The summed E-state index contributed by atoms with van der Waals surface area (Å²) in [6.45, 7) is 4.47. The summed E-state index contributed by atoms with van der Waals surface area (Å²) in [6.07, 6.45) is 3.29. The third kappa shape index (κ3) is 4.50. The van der Waals surface area contributed by atoms with Crippen LogP contribution in [0.1, 0.15) is 32.3 Å². The minimum Gasteiger partial charge on any atom is -0.465 e. The van der Waals surface area contributed by atoms with Crippen molar-refractivity contribution in [3.63, 3.8) is 0 Å². The van der Waals surface area contributed by atoms with Gasteiger partial charge in [0.1, 0.15) is 6.04 Å². The zero-order valence-corrected chi connectivity index (χ0v) is 21.2. The van der Waals surface area contributed by atoms with Gasteiger partial charge in [-0.05, 0) is 59.6 Å². The Morgan fingerprint density at radius 2 is 2.09 bits per heavy atom. The molecular weight excluding hydrogens is 522 g/mol. The van der Waals surface area contributed by atoms with Crippen molar-refractivity contribution in [2.75, 3.05) is 25.1 Å². The molecule has 0 aliphatic carbocycles. The number of rotatable bonds is 6. The Kier molecular flexibility index (Phi) is 7.10. The molecule has 9 nitrogen and oxygen atoms in total. The van der Waals surface area contributed by atoms with Gasteiger partial charge in [-0.3, -0.25) is 4.79 Å². The molecule has 0 bridgehead atoms. The Bertz CT molecular complexity index is 1210. The van der Waals surface area contributed by atoms with Crippen LogP contribution in [0.25, 0.3) is 11.3 Å². The Balaban J connectivity index is 1.71. The zero-order valence-electron chi connectivity index (χ0n) is 18.8. The average molecular weight is 545 g/mol. The van der Waals surface area contributed by atoms with Crippen LogP contribution in [0.15, 0.2) is 33.8 Å². The van der Waals surface area contributed by atoms with E-state index in [1.807, 2.05) is 0 Å². The summed E-state index contributed by atoms with van der Waals surface area (Å²) in [6, 6.07) is 3.67. The number of ether oxygens (including phenoxy) is 2. The summed E-state index contributed by atoms with van der Waals surface area (Å²) < 4.78 is 38.6. The van der Waals surface area contributed by atoms with Gasteiger partial charge in [0.25, 0.3) is 0 Å². The molecule has 1 fully saturated rings. The highest BCUT2D eigenvalue weighted by atomic mass is 79.9. The largest absolute Gasteiger partial charge is 0.465 e. The van der Waals surface area contributed by atoms with Crippen LogP contribution >= 0.6 is 15.9 Å². The highest BCUT2D eigenvalue weighted by molar-refractivity contribution is 9.10. The molecule has 1 saturated heterocycles. The van der Waals surface area contributed by atoms with Gasteiger partial charge in [-0.1, -0.05) is 12.1 Å². The van der Waals surface area contributed by atoms with Crippen LogP contribution in [-0.2, 0) is 29.6 Å². The van der Waals surface area contributed by atoms with Crippen LogP contribution < -0.4 is 5.32 Å². The van der Waals surface area contributed by atoms with E-state index in [-0.39, 0.29) is 23.1 Å². The van der Waals surface area contributed by atoms with E-state index in [0.717, 1.165) is 17.1 Å². The van der Waals surface area contributed by atoms with Crippen molar-refractivity contribution in [1.82, 2.24) is 14.3 Å². The number of sulfonamides is 1. The molecule has 0 saturated carbocycles. The summed E-state index contributed by atoms with van der Waals surface area (Å²) in [5, 5.41) is 1.39. The zero-order chi connectivity index (χ0) is 24.7. The van der Waals surface area contributed by atoms with Crippen molar-refractivity contribution in [3.05, 3.63) is 34.4 Å². The lowest BCUT2D eigenvalue weighted by atomic mass is 9.57. The quantitative estimate of drug-likeness (QED) is 0.434. The van der Waals surface area contributed by atoms with E-state index in [1.165, 1.54) is 13.0 Å². The van der Waals surface area contributed by atoms with Crippen LogP contribution in [0.5, 0.6) is 0 Å². The monoisotopic (exact) mass is 544 g/mol. The van der Waals surface area contributed by atoms with Crippen molar-refractivity contribution in [2.45, 2.75) is 49.0 Å². The van der Waals surface area contributed by atoms with E-state index in [9.17, 15) is 13.2 Å². The number of benzene rings is 1. The molecule has 176 valence electrons. The van der Waals surface area contributed by atoms with Gasteiger partial charge in [-0.2, -0.15) is 4.31 Å². The fourth-order valence-corrected chi connectivity index (χ4v) is 6.60. The van der Waals surface area contributed by atoms with E-state index in [0.29, 0.717) is 34.9 Å². The normalized spacial score (nSPS) is 20.4. The second kappa shape index (κ2) is 9.60. The van der Waals surface area contributed by atoms with E-state index in [4.69, 9.17) is 25.2 Å². The van der Waals surface area contributed by atoms with Gasteiger partial charge < -0.3 is 14.8 Å². The van der Waals surface area contributed by atoms with E-state index >= 15 is 0 Å². The molecule has 13 heteroatoms. The molecule has 2 aliphatic rings. The summed E-state index contributed by atoms with van der Waals surface area (Å²) >= 11 is 3.45. The smallest absolute Gasteiger partial charge is 0.324 e. The number of hydrogen-bond donors (Lipinski definition) is 1. The maximum Gasteiger partial charge on any atom is 0.324 e. The molecule has 1 N–H and O–H groups in total. The predicted octanol–water partition coefficient (Wildman–Crippen LogP) is 1.90. The number of hydrogen-bond acceptors (Lipinski definition) is 8. The summed E-state index contributed by atoms with van der Waals surface area (Å²) in [5.41, 5.74) is 1.20. The average Bonchev–Trinajstić information content (AvgIpc) is 2.96. The molecule has 1 atom stereocenters. The summed E-state index contributed by atoms with van der Waals surface area (Å²) in [5.74, 6) is -0.306. The lowest BCUT2D eigenvalue weighted by Gasteiger charge is -2.35. The van der Waals surface area contributed by atoms with Crippen LogP contribution in [0, 0.1) is 0 Å². The molecule has 4 rings (SSSR count). The highest BCUT2D eigenvalue weighted by Gasteiger charge is 2.51. The minimum absolute atomic E-state index is 0.0874. The number of anilines is 1. The van der Waals surface area contributed by atoms with Crippen LogP contribution in [-0.4, -0.2) is 76.3 Å². The van der Waals surface area contributed by atoms with Crippen molar-refractivity contribution < 1.29 is 22.7 Å². The van der Waals surface area contributed by atoms with Gasteiger partial charge >= 0.3 is 5.97 Å². The number of nitrogens with one attached hydrogen (secondary N) is 1. The molecule has 3 heterocycles. The van der Waals surface area contributed by atoms with Gasteiger partial charge in [0.2, 0.25) is 16.0 Å². The summed E-state index contributed by atoms with van der Waals surface area (Å²) in [4.78, 5) is 21.2. The first-order chi connectivity index (χ1) is 16.1. The molecular formula is C21H23B2BrN4O5S. The number of carbonyl (C=O) groups is 1. The Hall–Kier alpha value is -1.95. The first-order valence-corrected chi connectivity index (χ1v) is 13.1. The Morgan fingerprint density at radius 1 is 1.38 bits per heavy atom. The standard InChI is InChI=1S/C21H23B2BrN4O5S/c1-3-33-19(29)12(2)28-21(22,23)15-5-4-13(10-17(15)34(28,30)31)18-16(24)11-25-20(27-18)26-14-6-8-32-9-7-14/h4-5,10-12,14H,3,6-9H2,1-2H3,(H,25,26,27)/t12-/m1/s1. The van der Waals surface area contributed by atoms with Gasteiger partial charge in [0.05, 0.1) is 37.4 Å². The molecule has 4 radical (unpaired) electrons. The fourth-order valence-electron chi connectivity index (χ4n) is 4.19. The minimum atomic E-state index is -4.20. The molecule has 2 aliphatic heterocycles. The number of aromatic nitrogens is 2. The first kappa shape index (κ1) is 25.2. The van der Waals surface area contributed by atoms with Crippen molar-refractivity contribution in [3.8, 4) is 11.3 Å². The van der Waals surface area contributed by atoms with Crippen LogP contribution in [0.2, 0.25) is 0 Å². The van der Waals surface area contributed by atoms with Crippen LogP contribution in [0.3, 0.4) is 0 Å². The first-order valence-electron chi connectivity index (χ1n) is 10.9. The predicted molar refractivity (Wildman–Crippen MR) is 131 cm³/mol. The highest BCUT2D eigenvalue weighted by Crippen LogP contribution is 2.44. The maximum atomic E-state index is 13.4. The second-order valence-corrected chi connectivity index (χ2v) is 10.8. The van der Waals surface area contributed by atoms with Gasteiger partial charge in [-0.25, -0.2) is 18.4 Å². The van der Waals surface area contributed by atoms with Crippen molar-refractivity contribution in [2.24, 2.45) is 0 Å². The van der Waals surface area contributed by atoms with Crippen molar-refractivity contribution in [1.29, 1.82) is 0 Å². The number of halogens is 1. The van der Waals surface area contributed by atoms with Crippen molar-refractivity contribution >= 4 is 53.6 Å². The van der Waals surface area contributed by atoms with Gasteiger partial charge in [0.15, 0.2) is 0 Å². The number of carbonyl (C=O) groups excluding carboxylic acids is 1.